The zero-order valence-corrected chi connectivity index (χ0v) is 16.1. The lowest BCUT2D eigenvalue weighted by Gasteiger charge is -2.19. The van der Waals surface area contributed by atoms with E-state index in [0.29, 0.717) is 16.3 Å². The number of likely N-dealkylation sites (N-methyl/N-ethyl adjacent to an activating group) is 1. The van der Waals surface area contributed by atoms with E-state index in [-0.39, 0.29) is 31.4 Å². The lowest BCUT2D eigenvalue weighted by Crippen LogP contribution is -2.36. The van der Waals surface area contributed by atoms with E-state index in [4.69, 9.17) is 16.3 Å². The van der Waals surface area contributed by atoms with Crippen LogP contribution in [-0.4, -0.2) is 49.2 Å². The highest BCUT2D eigenvalue weighted by atomic mass is 35.5. The van der Waals surface area contributed by atoms with Crippen LogP contribution in [0.2, 0.25) is 5.02 Å². The van der Waals surface area contributed by atoms with E-state index in [1.165, 1.54) is 4.90 Å². The minimum absolute atomic E-state index is 0.0248. The van der Waals surface area contributed by atoms with Crippen LogP contribution in [0.4, 0.5) is 5.69 Å². The van der Waals surface area contributed by atoms with Crippen molar-refractivity contribution in [3.05, 3.63) is 65.2 Å². The maximum atomic E-state index is 12.2. The second-order valence-corrected chi connectivity index (χ2v) is 6.41. The lowest BCUT2D eigenvalue weighted by molar-refractivity contribution is -0.152. The summed E-state index contributed by atoms with van der Waals surface area (Å²) in [6.07, 6.45) is -1.18. The molecule has 2 rings (SSSR count). The first kappa shape index (κ1) is 21.4. The van der Waals surface area contributed by atoms with Crippen LogP contribution in [0.15, 0.2) is 54.6 Å². The molecule has 0 aliphatic carbocycles. The number of hydrogen-bond donors (Lipinski definition) is 2. The summed E-state index contributed by atoms with van der Waals surface area (Å²) in [5.41, 5.74) is 1.09. The molecule has 0 aromatic heterocycles. The van der Waals surface area contributed by atoms with Crippen molar-refractivity contribution in [2.45, 2.75) is 12.5 Å². The van der Waals surface area contributed by atoms with Gasteiger partial charge in [0.05, 0.1) is 0 Å². The number of rotatable bonds is 9. The first-order valence-electron chi connectivity index (χ1n) is 8.58. The Bertz CT molecular complexity index is 811. The minimum Gasteiger partial charge on any atom is -0.479 e. The number of anilines is 1. The summed E-state index contributed by atoms with van der Waals surface area (Å²) in [5.74, 6) is -1.92. The van der Waals surface area contributed by atoms with Crippen LogP contribution in [0.3, 0.4) is 0 Å². The highest BCUT2D eigenvalue weighted by Gasteiger charge is 2.21. The molecule has 8 heteroatoms. The van der Waals surface area contributed by atoms with E-state index in [9.17, 15) is 19.5 Å². The Kier molecular flexibility index (Phi) is 7.98. The number of ether oxygens (including phenoxy) is 1. The van der Waals surface area contributed by atoms with Gasteiger partial charge in [-0.1, -0.05) is 29.8 Å². The lowest BCUT2D eigenvalue weighted by atomic mass is 10.2. The number of amides is 2. The van der Waals surface area contributed by atoms with E-state index in [0.717, 1.165) is 0 Å². The molecule has 0 fully saturated rings. The minimum atomic E-state index is -1.21. The first-order valence-corrected chi connectivity index (χ1v) is 8.96. The van der Waals surface area contributed by atoms with Gasteiger partial charge in [0.1, 0.15) is 6.61 Å². The smallest absolute Gasteiger partial charge is 0.332 e. The molecule has 1 unspecified atom stereocenters. The normalized spacial score (nSPS) is 11.5. The standard InChI is InChI=1S/C20H21ClN2O5/c1-23(16-5-3-2-4-6-16)18(24)13-28-17(20(26)27)11-12-22-19(25)14-7-9-15(21)10-8-14/h2-10,17H,11-13H2,1H3,(H,22,25)(H,26,27). The number of carbonyl (C=O) groups excluding carboxylic acids is 2. The monoisotopic (exact) mass is 404 g/mol. The molecule has 2 amide bonds. The molecule has 0 heterocycles. The molecule has 0 aliphatic rings. The van der Waals surface area contributed by atoms with Gasteiger partial charge in [0.2, 0.25) is 0 Å². The van der Waals surface area contributed by atoms with Gasteiger partial charge in [-0.3, -0.25) is 9.59 Å². The number of benzene rings is 2. The van der Waals surface area contributed by atoms with Crippen LogP contribution in [0.25, 0.3) is 0 Å². The Hall–Kier alpha value is -2.90. The van der Waals surface area contributed by atoms with E-state index in [1.54, 1.807) is 55.6 Å². The Morgan fingerprint density at radius 3 is 2.36 bits per heavy atom. The first-order chi connectivity index (χ1) is 13.4. The van der Waals surface area contributed by atoms with Crippen LogP contribution >= 0.6 is 11.6 Å². The van der Waals surface area contributed by atoms with Gasteiger partial charge in [0.25, 0.3) is 11.8 Å². The number of hydrogen-bond acceptors (Lipinski definition) is 4. The van der Waals surface area contributed by atoms with Gasteiger partial charge >= 0.3 is 5.97 Å². The molecule has 7 nitrogen and oxygen atoms in total. The zero-order chi connectivity index (χ0) is 20.5. The second-order valence-electron chi connectivity index (χ2n) is 5.98. The largest absolute Gasteiger partial charge is 0.479 e. The molecule has 0 radical (unpaired) electrons. The number of carboxylic acids is 1. The van der Waals surface area contributed by atoms with E-state index >= 15 is 0 Å². The third kappa shape index (κ3) is 6.37. The maximum absolute atomic E-state index is 12.2. The van der Waals surface area contributed by atoms with E-state index in [2.05, 4.69) is 5.32 Å². The second kappa shape index (κ2) is 10.4. The molecule has 28 heavy (non-hydrogen) atoms. The van der Waals surface area contributed by atoms with Gasteiger partial charge in [-0.2, -0.15) is 0 Å². The summed E-state index contributed by atoms with van der Waals surface area (Å²) in [7, 11) is 1.59. The van der Waals surface area contributed by atoms with Crippen molar-refractivity contribution < 1.29 is 24.2 Å². The van der Waals surface area contributed by atoms with Crippen molar-refractivity contribution in [3.8, 4) is 0 Å². The van der Waals surface area contributed by atoms with Gasteiger partial charge in [0.15, 0.2) is 6.10 Å². The van der Waals surface area contributed by atoms with Crippen molar-refractivity contribution in [1.82, 2.24) is 5.32 Å². The highest BCUT2D eigenvalue weighted by Crippen LogP contribution is 2.12. The van der Waals surface area contributed by atoms with Crippen LogP contribution in [0, 0.1) is 0 Å². The number of nitrogens with one attached hydrogen (secondary N) is 1. The number of para-hydroxylation sites is 1. The SMILES string of the molecule is CN(C(=O)COC(CCNC(=O)c1ccc(Cl)cc1)C(=O)O)c1ccccc1. The Balaban J connectivity index is 1.81. The molecular weight excluding hydrogens is 384 g/mol. The van der Waals surface area contributed by atoms with Gasteiger partial charge in [-0.25, -0.2) is 4.79 Å². The molecule has 0 saturated heterocycles. The molecule has 0 spiro atoms. The fraction of sp³-hybridized carbons (Fsp3) is 0.250. The molecule has 0 saturated carbocycles. The summed E-state index contributed by atoms with van der Waals surface area (Å²) in [4.78, 5) is 37.0. The van der Waals surface area contributed by atoms with Crippen LogP contribution in [0.5, 0.6) is 0 Å². The predicted octanol–water partition coefficient (Wildman–Crippen LogP) is 2.59. The molecule has 0 aliphatic heterocycles. The molecular formula is C20H21ClN2O5. The average molecular weight is 405 g/mol. The fourth-order valence-electron chi connectivity index (χ4n) is 2.36. The van der Waals surface area contributed by atoms with Crippen LogP contribution < -0.4 is 10.2 Å². The number of aliphatic carboxylic acids is 1. The number of carboxylic acid groups (broad SMARTS) is 1. The van der Waals surface area contributed by atoms with Gasteiger partial charge in [-0.15, -0.1) is 0 Å². The van der Waals surface area contributed by atoms with Crippen molar-refractivity contribution >= 4 is 35.1 Å². The number of halogens is 1. The summed E-state index contributed by atoms with van der Waals surface area (Å²) in [6, 6.07) is 15.3. The van der Waals surface area contributed by atoms with Crippen LogP contribution in [0.1, 0.15) is 16.8 Å². The summed E-state index contributed by atoms with van der Waals surface area (Å²) < 4.78 is 5.25. The Labute approximate surface area is 167 Å². The van der Waals surface area contributed by atoms with Gasteiger partial charge in [0, 0.05) is 36.3 Å². The molecule has 2 aromatic rings. The molecule has 0 bridgehead atoms. The molecule has 1 atom stereocenters. The predicted molar refractivity (Wildman–Crippen MR) is 106 cm³/mol. The van der Waals surface area contributed by atoms with Crippen molar-refractivity contribution in [3.63, 3.8) is 0 Å². The zero-order valence-electron chi connectivity index (χ0n) is 15.3. The van der Waals surface area contributed by atoms with Crippen molar-refractivity contribution in [1.29, 1.82) is 0 Å². The Morgan fingerprint density at radius 2 is 1.75 bits per heavy atom. The quantitative estimate of drug-likeness (QED) is 0.669. The number of carbonyl (C=O) groups is 3. The van der Waals surface area contributed by atoms with Crippen LogP contribution in [-0.2, 0) is 14.3 Å². The maximum Gasteiger partial charge on any atom is 0.332 e. The highest BCUT2D eigenvalue weighted by molar-refractivity contribution is 6.30. The Morgan fingerprint density at radius 1 is 1.11 bits per heavy atom. The summed E-state index contributed by atoms with van der Waals surface area (Å²) in [6.45, 7) is -0.297. The summed E-state index contributed by atoms with van der Waals surface area (Å²) >= 11 is 5.77. The van der Waals surface area contributed by atoms with Crippen molar-refractivity contribution in [2.24, 2.45) is 0 Å². The van der Waals surface area contributed by atoms with E-state index < -0.39 is 12.1 Å². The van der Waals surface area contributed by atoms with Gasteiger partial charge < -0.3 is 20.1 Å². The number of nitrogens with zero attached hydrogens (tertiary/aromatic N) is 1. The summed E-state index contributed by atoms with van der Waals surface area (Å²) in [5, 5.41) is 12.4. The molecule has 2 N–H and O–H groups in total. The van der Waals surface area contributed by atoms with Gasteiger partial charge in [-0.05, 0) is 36.4 Å². The topological polar surface area (TPSA) is 95.9 Å². The third-order valence-corrected chi connectivity index (χ3v) is 4.25. The average Bonchev–Trinajstić information content (AvgIpc) is 2.70. The molecule has 2 aromatic carbocycles. The van der Waals surface area contributed by atoms with E-state index in [1.807, 2.05) is 6.07 Å². The third-order valence-electron chi connectivity index (χ3n) is 4.00. The van der Waals surface area contributed by atoms with Crippen molar-refractivity contribution in [2.75, 3.05) is 25.1 Å². The molecule has 148 valence electrons. The fourth-order valence-corrected chi connectivity index (χ4v) is 2.49.